The van der Waals surface area contributed by atoms with E-state index in [1.54, 1.807) is 19.0 Å². The monoisotopic (exact) mass is 258 g/mol. The molecule has 8 heteroatoms. The summed E-state index contributed by atoms with van der Waals surface area (Å²) >= 11 is 0. The third-order valence-corrected chi connectivity index (χ3v) is 3.08. The Kier molecular flexibility index (Phi) is 2.99. The molecule has 0 aromatic rings. The zero-order valence-corrected chi connectivity index (χ0v) is 10.1. The molecule has 0 bridgehead atoms. The van der Waals surface area contributed by atoms with Crippen LogP contribution in [-0.2, 0) is 24.0 Å². The number of carboxylic acid groups (broad SMARTS) is 1. The molecule has 1 N–H and O–H groups in total. The van der Waals surface area contributed by atoms with Crippen molar-refractivity contribution in [2.45, 2.75) is 24.6 Å². The maximum Gasteiger partial charge on any atom is 0.372 e. The van der Waals surface area contributed by atoms with Crippen LogP contribution in [0.15, 0.2) is 0 Å². The third kappa shape index (κ3) is 1.73. The van der Waals surface area contributed by atoms with Crippen molar-refractivity contribution in [2.24, 2.45) is 0 Å². The summed E-state index contributed by atoms with van der Waals surface area (Å²) in [5.74, 6) is -2.57. The number of hydrogen-bond acceptors (Lipinski definition) is 6. The molecule has 1 amide bonds. The van der Waals surface area contributed by atoms with Gasteiger partial charge in [-0.2, -0.15) is 5.06 Å². The van der Waals surface area contributed by atoms with Crippen LogP contribution in [0.25, 0.3) is 0 Å². The molecule has 2 fully saturated rings. The molecular formula is C10H14N2O6. The lowest BCUT2D eigenvalue weighted by molar-refractivity contribution is -0.256. The highest BCUT2D eigenvalue weighted by Crippen LogP contribution is 2.34. The number of cyclic esters (lactones) is 1. The molecule has 2 unspecified atom stereocenters. The smallest absolute Gasteiger partial charge is 0.372 e. The quantitative estimate of drug-likeness (QED) is 0.635. The Morgan fingerprint density at radius 2 is 2.17 bits per heavy atom. The van der Waals surface area contributed by atoms with Crippen molar-refractivity contribution in [3.05, 3.63) is 0 Å². The van der Waals surface area contributed by atoms with Gasteiger partial charge in [0.05, 0.1) is 13.0 Å². The van der Waals surface area contributed by atoms with E-state index in [1.165, 1.54) is 0 Å². The molecule has 2 saturated heterocycles. The molecule has 18 heavy (non-hydrogen) atoms. The molecular weight excluding hydrogens is 244 g/mol. The number of amides is 1. The van der Waals surface area contributed by atoms with Crippen molar-refractivity contribution in [3.63, 3.8) is 0 Å². The predicted molar refractivity (Wildman–Crippen MR) is 56.0 cm³/mol. The van der Waals surface area contributed by atoms with Gasteiger partial charge in [0.25, 0.3) is 5.91 Å². The summed E-state index contributed by atoms with van der Waals surface area (Å²) in [4.78, 5) is 41.3. The van der Waals surface area contributed by atoms with E-state index in [4.69, 9.17) is 9.57 Å². The molecule has 0 aromatic carbocycles. The molecule has 100 valence electrons. The minimum atomic E-state index is -2.01. The van der Waals surface area contributed by atoms with E-state index in [1.807, 2.05) is 0 Å². The first kappa shape index (κ1) is 12.8. The van der Waals surface area contributed by atoms with E-state index in [2.05, 4.69) is 0 Å². The van der Waals surface area contributed by atoms with Crippen LogP contribution in [0.1, 0.15) is 12.8 Å². The van der Waals surface area contributed by atoms with Crippen LogP contribution in [0.2, 0.25) is 0 Å². The number of ether oxygens (including phenoxy) is 1. The topological polar surface area (TPSA) is 96.4 Å². The number of rotatable bonds is 3. The number of hydrogen-bond donors (Lipinski definition) is 1. The summed E-state index contributed by atoms with van der Waals surface area (Å²) in [7, 11) is 3.37. The summed E-state index contributed by atoms with van der Waals surface area (Å²) in [6, 6.07) is -0.569. The van der Waals surface area contributed by atoms with Gasteiger partial charge in [-0.15, -0.1) is 0 Å². The molecule has 2 rings (SSSR count). The predicted octanol–water partition coefficient (Wildman–Crippen LogP) is -1.19. The third-order valence-electron chi connectivity index (χ3n) is 3.08. The Balaban J connectivity index is 2.27. The zero-order valence-electron chi connectivity index (χ0n) is 10.1. The van der Waals surface area contributed by atoms with Crippen molar-refractivity contribution in [2.75, 3.05) is 20.7 Å². The summed E-state index contributed by atoms with van der Waals surface area (Å²) in [5.41, 5.74) is -2.01. The van der Waals surface area contributed by atoms with E-state index < -0.39 is 29.6 Å². The highest BCUT2D eigenvalue weighted by Gasteiger charge is 2.59. The molecule has 2 aliphatic rings. The first-order chi connectivity index (χ1) is 8.38. The standard InChI is InChI=1S/C10H14N2O6/c1-11(2)6-5-17-12(8(6)14)10(9(15)16)4-3-7(13)18-10/h6H,3-5H2,1-2H3,(H,15,16). The van der Waals surface area contributed by atoms with Gasteiger partial charge in [0, 0.05) is 6.42 Å². The normalized spacial score (nSPS) is 32.2. The molecule has 0 aromatic heterocycles. The number of carboxylic acids is 1. The fraction of sp³-hybridized carbons (Fsp3) is 0.700. The van der Waals surface area contributed by atoms with Crippen molar-refractivity contribution < 1.29 is 29.1 Å². The van der Waals surface area contributed by atoms with Crippen LogP contribution in [0.4, 0.5) is 0 Å². The zero-order chi connectivity index (χ0) is 13.5. The van der Waals surface area contributed by atoms with Gasteiger partial charge < -0.3 is 9.84 Å². The number of nitrogens with zero attached hydrogens (tertiary/aromatic N) is 2. The first-order valence-electron chi connectivity index (χ1n) is 5.47. The Hall–Kier alpha value is -1.67. The van der Waals surface area contributed by atoms with Gasteiger partial charge in [0.2, 0.25) is 0 Å². The lowest BCUT2D eigenvalue weighted by atomic mass is 10.1. The Labute approximate surface area is 103 Å². The molecule has 0 spiro atoms. The number of hydroxylamine groups is 2. The van der Waals surface area contributed by atoms with E-state index in [0.717, 1.165) is 0 Å². The second-order valence-corrected chi connectivity index (χ2v) is 4.47. The van der Waals surface area contributed by atoms with Gasteiger partial charge in [-0.25, -0.2) is 4.79 Å². The second kappa shape index (κ2) is 4.21. The van der Waals surface area contributed by atoms with Gasteiger partial charge >= 0.3 is 17.7 Å². The van der Waals surface area contributed by atoms with Gasteiger partial charge in [-0.3, -0.25) is 19.3 Å². The number of aliphatic carboxylic acids is 1. The van der Waals surface area contributed by atoms with Gasteiger partial charge in [0.1, 0.15) is 6.04 Å². The number of likely N-dealkylation sites (N-methyl/N-ethyl adjacent to an activating group) is 1. The molecule has 0 radical (unpaired) electrons. The van der Waals surface area contributed by atoms with Crippen molar-refractivity contribution in [1.29, 1.82) is 0 Å². The van der Waals surface area contributed by atoms with Crippen LogP contribution < -0.4 is 0 Å². The lowest BCUT2D eigenvalue weighted by Crippen LogP contribution is -2.56. The molecule has 2 heterocycles. The fourth-order valence-electron chi connectivity index (χ4n) is 2.01. The van der Waals surface area contributed by atoms with E-state index in [-0.39, 0.29) is 19.4 Å². The lowest BCUT2D eigenvalue weighted by Gasteiger charge is -2.30. The van der Waals surface area contributed by atoms with Crippen LogP contribution in [0, 0.1) is 0 Å². The molecule has 2 aliphatic heterocycles. The molecule has 0 aliphatic carbocycles. The Morgan fingerprint density at radius 3 is 2.56 bits per heavy atom. The highest BCUT2D eigenvalue weighted by molar-refractivity contribution is 5.92. The molecule has 0 saturated carbocycles. The largest absolute Gasteiger partial charge is 0.477 e. The highest BCUT2D eigenvalue weighted by atomic mass is 16.7. The SMILES string of the molecule is CN(C)C1CON(C2(C(=O)O)CCC(=O)O2)C1=O. The van der Waals surface area contributed by atoms with Crippen LogP contribution in [0.5, 0.6) is 0 Å². The first-order valence-corrected chi connectivity index (χ1v) is 5.47. The summed E-state index contributed by atoms with van der Waals surface area (Å²) < 4.78 is 4.82. The Morgan fingerprint density at radius 1 is 1.50 bits per heavy atom. The number of carbonyl (C=O) groups is 3. The van der Waals surface area contributed by atoms with Gasteiger partial charge in [0.15, 0.2) is 0 Å². The van der Waals surface area contributed by atoms with E-state index in [9.17, 15) is 19.5 Å². The van der Waals surface area contributed by atoms with Crippen molar-refractivity contribution >= 4 is 17.8 Å². The average molecular weight is 258 g/mol. The van der Waals surface area contributed by atoms with Crippen LogP contribution in [0.3, 0.4) is 0 Å². The average Bonchev–Trinajstić information content (AvgIpc) is 2.82. The maximum absolute atomic E-state index is 12.1. The molecule has 8 nitrogen and oxygen atoms in total. The minimum Gasteiger partial charge on any atom is -0.477 e. The second-order valence-electron chi connectivity index (χ2n) is 4.47. The summed E-state index contributed by atoms with van der Waals surface area (Å²) in [6.45, 7) is 0.0401. The van der Waals surface area contributed by atoms with Gasteiger partial charge in [-0.1, -0.05) is 0 Å². The molecule has 2 atom stereocenters. The fourth-order valence-corrected chi connectivity index (χ4v) is 2.01. The van der Waals surface area contributed by atoms with Crippen LogP contribution in [-0.4, -0.2) is 65.4 Å². The van der Waals surface area contributed by atoms with Crippen LogP contribution >= 0.6 is 0 Å². The summed E-state index contributed by atoms with van der Waals surface area (Å²) in [5, 5.41) is 9.91. The number of esters is 1. The Bertz CT molecular complexity index is 409. The van der Waals surface area contributed by atoms with E-state index in [0.29, 0.717) is 5.06 Å². The minimum absolute atomic E-state index is 0.0401. The summed E-state index contributed by atoms with van der Waals surface area (Å²) in [6.07, 6.45) is -0.154. The van der Waals surface area contributed by atoms with E-state index >= 15 is 0 Å². The van der Waals surface area contributed by atoms with Crippen molar-refractivity contribution in [3.8, 4) is 0 Å². The van der Waals surface area contributed by atoms with Crippen molar-refractivity contribution in [1.82, 2.24) is 9.96 Å². The maximum atomic E-state index is 12.1. The van der Waals surface area contributed by atoms with Gasteiger partial charge in [-0.05, 0) is 14.1 Å². The number of carbonyl (C=O) groups excluding carboxylic acids is 2.